The summed E-state index contributed by atoms with van der Waals surface area (Å²) in [4.78, 5) is 26.5. The molecule has 0 spiro atoms. The van der Waals surface area contributed by atoms with Gasteiger partial charge in [0, 0.05) is 31.7 Å². The number of carbonyl (C=O) groups excluding carboxylic acids is 1. The average Bonchev–Trinajstić information content (AvgIpc) is 2.60. The summed E-state index contributed by atoms with van der Waals surface area (Å²) in [5.41, 5.74) is 0.213. The molecule has 122 valence electrons. The molecule has 6 nitrogen and oxygen atoms in total. The van der Waals surface area contributed by atoms with Crippen LogP contribution in [0.1, 0.15) is 17.5 Å². The van der Waals surface area contributed by atoms with E-state index in [9.17, 15) is 9.59 Å². The minimum absolute atomic E-state index is 0.0443. The lowest BCUT2D eigenvalue weighted by Crippen LogP contribution is -2.47. The zero-order chi connectivity index (χ0) is 16.2. The zero-order valence-electron chi connectivity index (χ0n) is 13.1. The van der Waals surface area contributed by atoms with Crippen LogP contribution in [0.25, 0.3) is 11.0 Å². The van der Waals surface area contributed by atoms with Crippen LogP contribution in [-0.4, -0.2) is 49.7 Å². The van der Waals surface area contributed by atoms with E-state index < -0.39 is 0 Å². The van der Waals surface area contributed by atoms with Crippen LogP contribution in [0, 0.1) is 0 Å². The molecule has 1 saturated heterocycles. The summed E-state index contributed by atoms with van der Waals surface area (Å²) in [6.07, 6.45) is 0. The maximum atomic E-state index is 12.2. The minimum atomic E-state index is -0.368. The summed E-state index contributed by atoms with van der Waals surface area (Å²) >= 11 is 0. The van der Waals surface area contributed by atoms with Crippen molar-refractivity contribution in [3.8, 4) is 0 Å². The number of carbonyl (C=O) groups is 1. The summed E-state index contributed by atoms with van der Waals surface area (Å²) in [5, 5.41) is 3.31. The number of nitrogens with zero attached hydrogens (tertiary/aromatic N) is 1. The fourth-order valence-electron chi connectivity index (χ4n) is 2.69. The van der Waals surface area contributed by atoms with Gasteiger partial charge in [0.15, 0.2) is 11.2 Å². The molecular weight excluding hydrogens is 296 g/mol. The zero-order valence-corrected chi connectivity index (χ0v) is 13.1. The Labute approximate surface area is 134 Å². The van der Waals surface area contributed by atoms with Gasteiger partial charge in [-0.1, -0.05) is 12.1 Å². The molecule has 1 aromatic heterocycles. The number of hydrogen-bond acceptors (Lipinski definition) is 5. The Kier molecular flexibility index (Phi) is 4.73. The van der Waals surface area contributed by atoms with Gasteiger partial charge in [0.05, 0.1) is 18.6 Å². The average molecular weight is 316 g/mol. The van der Waals surface area contributed by atoms with E-state index in [1.807, 2.05) is 0 Å². The molecule has 1 N–H and O–H groups in total. The first-order valence-corrected chi connectivity index (χ1v) is 7.78. The summed E-state index contributed by atoms with van der Waals surface area (Å²) in [5.74, 6) is -0.323. The lowest BCUT2D eigenvalue weighted by Gasteiger charge is -2.32. The number of amides is 1. The number of para-hydroxylation sites is 1. The fraction of sp³-hybridized carbons (Fsp3) is 0.412. The summed E-state index contributed by atoms with van der Waals surface area (Å²) in [6, 6.07) is 8.36. The third kappa shape index (κ3) is 3.60. The van der Waals surface area contributed by atoms with Crippen molar-refractivity contribution < 1.29 is 13.9 Å². The molecule has 0 saturated carbocycles. The van der Waals surface area contributed by atoms with E-state index in [0.717, 1.165) is 26.3 Å². The fourth-order valence-corrected chi connectivity index (χ4v) is 2.69. The molecule has 1 aliphatic heterocycles. The van der Waals surface area contributed by atoms with Crippen LogP contribution >= 0.6 is 0 Å². The van der Waals surface area contributed by atoms with E-state index in [0.29, 0.717) is 17.5 Å². The third-order valence-electron chi connectivity index (χ3n) is 4.09. The first-order valence-electron chi connectivity index (χ1n) is 7.78. The van der Waals surface area contributed by atoms with E-state index >= 15 is 0 Å². The molecule has 0 bridgehead atoms. The Bertz CT molecular complexity index is 750. The molecule has 0 unspecified atom stereocenters. The van der Waals surface area contributed by atoms with E-state index in [1.54, 1.807) is 24.3 Å². The molecule has 6 heteroatoms. The second kappa shape index (κ2) is 6.93. The summed E-state index contributed by atoms with van der Waals surface area (Å²) in [6.45, 7) is 5.72. The normalized spacial score (nSPS) is 17.1. The summed E-state index contributed by atoms with van der Waals surface area (Å²) in [7, 11) is 0. The molecule has 1 fully saturated rings. The van der Waals surface area contributed by atoms with Gasteiger partial charge in [0.25, 0.3) is 5.91 Å². The highest BCUT2D eigenvalue weighted by Gasteiger charge is 2.18. The van der Waals surface area contributed by atoms with Gasteiger partial charge in [-0.2, -0.15) is 0 Å². The molecule has 2 aromatic rings. The molecular formula is C17H20N2O4. The van der Waals surface area contributed by atoms with E-state index in [1.165, 1.54) is 6.07 Å². The molecule has 23 heavy (non-hydrogen) atoms. The molecule has 1 atom stereocenters. The number of rotatable bonds is 4. The highest BCUT2D eigenvalue weighted by atomic mass is 16.5. The number of morpholine rings is 1. The Morgan fingerprint density at radius 1 is 1.30 bits per heavy atom. The maximum absolute atomic E-state index is 12.2. The van der Waals surface area contributed by atoms with Crippen LogP contribution in [0.3, 0.4) is 0 Å². The lowest BCUT2D eigenvalue weighted by atomic mass is 10.2. The van der Waals surface area contributed by atoms with E-state index in [-0.39, 0.29) is 23.1 Å². The van der Waals surface area contributed by atoms with Crippen LogP contribution in [0.5, 0.6) is 0 Å². The lowest BCUT2D eigenvalue weighted by molar-refractivity contribution is 0.0203. The van der Waals surface area contributed by atoms with Crippen LogP contribution in [-0.2, 0) is 4.74 Å². The third-order valence-corrected chi connectivity index (χ3v) is 4.09. The van der Waals surface area contributed by atoms with Crippen molar-refractivity contribution in [2.75, 3.05) is 32.8 Å². The van der Waals surface area contributed by atoms with E-state index in [2.05, 4.69) is 17.1 Å². The van der Waals surface area contributed by atoms with Gasteiger partial charge < -0.3 is 14.5 Å². The standard InChI is InChI=1S/C17H20N2O4/c1-12(19-6-8-22-9-7-19)11-18-17(21)16-10-14(20)13-4-2-3-5-15(13)23-16/h2-5,10,12H,6-9,11H2,1H3,(H,18,21)/t12-/m1/s1. The van der Waals surface area contributed by atoms with Gasteiger partial charge in [-0.25, -0.2) is 0 Å². The summed E-state index contributed by atoms with van der Waals surface area (Å²) < 4.78 is 10.9. The number of nitrogens with one attached hydrogen (secondary N) is 1. The quantitative estimate of drug-likeness (QED) is 0.919. The Morgan fingerprint density at radius 2 is 2.04 bits per heavy atom. The highest BCUT2D eigenvalue weighted by molar-refractivity contribution is 5.93. The molecule has 1 aromatic carbocycles. The van der Waals surface area contributed by atoms with Crippen LogP contribution in [0.2, 0.25) is 0 Å². The van der Waals surface area contributed by atoms with Crippen molar-refractivity contribution in [3.05, 3.63) is 46.3 Å². The number of benzene rings is 1. The highest BCUT2D eigenvalue weighted by Crippen LogP contribution is 2.11. The SMILES string of the molecule is C[C@H](CNC(=O)c1cc(=O)c2ccccc2o1)N1CCOCC1. The molecule has 1 amide bonds. The van der Waals surface area contributed by atoms with Gasteiger partial charge >= 0.3 is 0 Å². The largest absolute Gasteiger partial charge is 0.451 e. The van der Waals surface area contributed by atoms with E-state index in [4.69, 9.17) is 9.15 Å². The molecule has 0 aliphatic carbocycles. The maximum Gasteiger partial charge on any atom is 0.287 e. The monoisotopic (exact) mass is 316 g/mol. The topological polar surface area (TPSA) is 71.8 Å². The number of hydrogen-bond donors (Lipinski definition) is 1. The van der Waals surface area contributed by atoms with Crippen molar-refractivity contribution in [2.24, 2.45) is 0 Å². The first-order chi connectivity index (χ1) is 11.1. The van der Waals surface area contributed by atoms with Crippen molar-refractivity contribution in [2.45, 2.75) is 13.0 Å². The molecule has 0 radical (unpaired) electrons. The van der Waals surface area contributed by atoms with Crippen LogP contribution < -0.4 is 10.7 Å². The van der Waals surface area contributed by atoms with Gasteiger partial charge in [0.1, 0.15) is 5.58 Å². The molecule has 2 heterocycles. The predicted molar refractivity (Wildman–Crippen MR) is 86.7 cm³/mol. The van der Waals surface area contributed by atoms with Crippen LogP contribution in [0.4, 0.5) is 0 Å². The van der Waals surface area contributed by atoms with Crippen molar-refractivity contribution in [1.82, 2.24) is 10.2 Å². The van der Waals surface area contributed by atoms with Gasteiger partial charge in [-0.05, 0) is 19.1 Å². The van der Waals surface area contributed by atoms with Crippen LogP contribution in [0.15, 0.2) is 39.5 Å². The van der Waals surface area contributed by atoms with Crippen molar-refractivity contribution in [3.63, 3.8) is 0 Å². The Morgan fingerprint density at radius 3 is 2.83 bits per heavy atom. The number of fused-ring (bicyclic) bond motifs is 1. The van der Waals surface area contributed by atoms with Gasteiger partial charge in [-0.15, -0.1) is 0 Å². The Balaban J connectivity index is 1.67. The Hall–Kier alpha value is -2.18. The van der Waals surface area contributed by atoms with Gasteiger partial charge in [-0.3, -0.25) is 14.5 Å². The first kappa shape index (κ1) is 15.7. The molecule has 3 rings (SSSR count). The van der Waals surface area contributed by atoms with Crippen molar-refractivity contribution in [1.29, 1.82) is 0 Å². The van der Waals surface area contributed by atoms with Gasteiger partial charge in [0.2, 0.25) is 0 Å². The van der Waals surface area contributed by atoms with Crippen molar-refractivity contribution >= 4 is 16.9 Å². The molecule has 1 aliphatic rings. The number of ether oxygens (including phenoxy) is 1. The predicted octanol–water partition coefficient (Wildman–Crippen LogP) is 1.24. The second-order valence-electron chi connectivity index (χ2n) is 5.68. The second-order valence-corrected chi connectivity index (χ2v) is 5.68. The minimum Gasteiger partial charge on any atom is -0.451 e. The smallest absolute Gasteiger partial charge is 0.287 e.